The Hall–Kier alpha value is -1.42. The lowest BCUT2D eigenvalue weighted by atomic mass is 10.00. The molecule has 2 atom stereocenters. The molecule has 1 N–H and O–H groups in total. The Balaban J connectivity index is 1.63. The molecule has 1 fully saturated rings. The van der Waals surface area contributed by atoms with Crippen molar-refractivity contribution < 1.29 is 14.2 Å². The van der Waals surface area contributed by atoms with Gasteiger partial charge >= 0.3 is 0 Å². The Kier molecular flexibility index (Phi) is 4.86. The zero-order valence-electron chi connectivity index (χ0n) is 12.8. The van der Waals surface area contributed by atoms with Gasteiger partial charge in [-0.05, 0) is 31.4 Å². The van der Waals surface area contributed by atoms with Gasteiger partial charge in [0.25, 0.3) is 0 Å². The van der Waals surface area contributed by atoms with Gasteiger partial charge in [-0.25, -0.2) is 0 Å². The van der Waals surface area contributed by atoms with Crippen LogP contribution < -0.4 is 14.8 Å². The molecule has 2 heterocycles. The van der Waals surface area contributed by atoms with Gasteiger partial charge in [-0.2, -0.15) is 0 Å². The summed E-state index contributed by atoms with van der Waals surface area (Å²) in [4.78, 5) is 0. The lowest BCUT2D eigenvalue weighted by Crippen LogP contribution is -2.33. The van der Waals surface area contributed by atoms with Crippen LogP contribution in [0.4, 0.5) is 5.69 Å². The Bertz CT molecular complexity index is 461. The molecule has 1 aromatic carbocycles. The number of hydrogen-bond donors (Lipinski definition) is 1. The molecule has 0 saturated carbocycles. The first-order valence-corrected chi connectivity index (χ1v) is 8.13. The van der Waals surface area contributed by atoms with Crippen LogP contribution in [-0.2, 0) is 4.74 Å². The van der Waals surface area contributed by atoms with Gasteiger partial charge in [0, 0.05) is 30.8 Å². The highest BCUT2D eigenvalue weighted by Gasteiger charge is 2.22. The molecule has 2 aliphatic heterocycles. The van der Waals surface area contributed by atoms with Crippen LogP contribution in [0.15, 0.2) is 18.2 Å². The van der Waals surface area contributed by atoms with E-state index in [4.69, 9.17) is 14.2 Å². The standard InChI is InChI=1S/C17H25NO3/c1-2-4-15-11-14(7-10-19-15)18-13-5-6-16-17(12-13)21-9-3-8-20-16/h5-6,12,14-15,18H,2-4,7-11H2,1H3. The highest BCUT2D eigenvalue weighted by atomic mass is 16.5. The molecule has 3 rings (SSSR count). The van der Waals surface area contributed by atoms with Gasteiger partial charge < -0.3 is 19.5 Å². The maximum atomic E-state index is 5.81. The fraction of sp³-hybridized carbons (Fsp3) is 0.647. The van der Waals surface area contributed by atoms with E-state index in [1.165, 1.54) is 6.42 Å². The average molecular weight is 291 g/mol. The van der Waals surface area contributed by atoms with E-state index in [9.17, 15) is 0 Å². The van der Waals surface area contributed by atoms with E-state index in [1.807, 2.05) is 6.07 Å². The number of anilines is 1. The molecule has 0 bridgehead atoms. The normalized spacial score (nSPS) is 25.2. The fourth-order valence-corrected chi connectivity index (χ4v) is 3.02. The summed E-state index contributed by atoms with van der Waals surface area (Å²) in [5.41, 5.74) is 1.11. The number of nitrogens with one attached hydrogen (secondary N) is 1. The summed E-state index contributed by atoms with van der Waals surface area (Å²) in [7, 11) is 0. The first kappa shape index (κ1) is 14.5. The molecule has 1 saturated heterocycles. The van der Waals surface area contributed by atoms with E-state index in [1.54, 1.807) is 0 Å². The molecule has 116 valence electrons. The van der Waals surface area contributed by atoms with Crippen LogP contribution in [0, 0.1) is 0 Å². The number of fused-ring (bicyclic) bond motifs is 1. The molecule has 0 spiro atoms. The number of hydrogen-bond acceptors (Lipinski definition) is 4. The Morgan fingerprint density at radius 3 is 2.86 bits per heavy atom. The topological polar surface area (TPSA) is 39.7 Å². The minimum absolute atomic E-state index is 0.404. The molecular formula is C17H25NO3. The van der Waals surface area contributed by atoms with Crippen molar-refractivity contribution in [2.24, 2.45) is 0 Å². The largest absolute Gasteiger partial charge is 0.490 e. The average Bonchev–Trinajstić information content (AvgIpc) is 2.73. The van der Waals surface area contributed by atoms with Crippen LogP contribution in [0.2, 0.25) is 0 Å². The van der Waals surface area contributed by atoms with Crippen LogP contribution in [0.1, 0.15) is 39.0 Å². The van der Waals surface area contributed by atoms with Crippen LogP contribution in [0.5, 0.6) is 11.5 Å². The molecule has 2 unspecified atom stereocenters. The Morgan fingerprint density at radius 1 is 1.14 bits per heavy atom. The maximum Gasteiger partial charge on any atom is 0.163 e. The maximum absolute atomic E-state index is 5.81. The van der Waals surface area contributed by atoms with Gasteiger partial charge in [-0.1, -0.05) is 13.3 Å². The second-order valence-electron chi connectivity index (χ2n) is 5.86. The molecule has 0 aliphatic carbocycles. The van der Waals surface area contributed by atoms with Crippen molar-refractivity contribution in [3.63, 3.8) is 0 Å². The lowest BCUT2D eigenvalue weighted by Gasteiger charge is -2.30. The van der Waals surface area contributed by atoms with Crippen molar-refractivity contribution in [1.82, 2.24) is 0 Å². The molecule has 2 aliphatic rings. The van der Waals surface area contributed by atoms with Crippen LogP contribution in [-0.4, -0.2) is 32.0 Å². The van der Waals surface area contributed by atoms with Crippen molar-refractivity contribution in [1.29, 1.82) is 0 Å². The van der Waals surface area contributed by atoms with Gasteiger partial charge in [0.15, 0.2) is 11.5 Å². The summed E-state index contributed by atoms with van der Waals surface area (Å²) in [5.74, 6) is 1.71. The zero-order valence-corrected chi connectivity index (χ0v) is 12.8. The second-order valence-corrected chi connectivity index (χ2v) is 5.86. The molecule has 0 amide bonds. The summed E-state index contributed by atoms with van der Waals surface area (Å²) in [6.45, 7) is 4.53. The minimum Gasteiger partial charge on any atom is -0.490 e. The highest BCUT2D eigenvalue weighted by molar-refractivity contribution is 5.55. The quantitative estimate of drug-likeness (QED) is 0.920. The number of rotatable bonds is 4. The number of benzene rings is 1. The molecule has 4 nitrogen and oxygen atoms in total. The molecular weight excluding hydrogens is 266 g/mol. The van der Waals surface area contributed by atoms with Crippen molar-refractivity contribution in [3.8, 4) is 11.5 Å². The van der Waals surface area contributed by atoms with E-state index in [0.29, 0.717) is 12.1 Å². The van der Waals surface area contributed by atoms with Crippen LogP contribution in [0.25, 0.3) is 0 Å². The molecule has 21 heavy (non-hydrogen) atoms. The summed E-state index contributed by atoms with van der Waals surface area (Å²) >= 11 is 0. The fourth-order valence-electron chi connectivity index (χ4n) is 3.02. The zero-order chi connectivity index (χ0) is 14.5. The molecule has 0 radical (unpaired) electrons. The Morgan fingerprint density at radius 2 is 2.00 bits per heavy atom. The third-order valence-electron chi connectivity index (χ3n) is 4.10. The van der Waals surface area contributed by atoms with Gasteiger partial charge in [-0.15, -0.1) is 0 Å². The number of ether oxygens (including phenoxy) is 3. The predicted octanol–water partition coefficient (Wildman–Crippen LogP) is 3.61. The summed E-state index contributed by atoms with van der Waals surface area (Å²) < 4.78 is 17.2. The van der Waals surface area contributed by atoms with Crippen LogP contribution >= 0.6 is 0 Å². The molecule has 4 heteroatoms. The predicted molar refractivity (Wildman–Crippen MR) is 83.3 cm³/mol. The first-order chi connectivity index (χ1) is 10.3. The Labute approximate surface area is 126 Å². The summed E-state index contributed by atoms with van der Waals surface area (Å²) in [5, 5.41) is 3.62. The van der Waals surface area contributed by atoms with Gasteiger partial charge in [0.2, 0.25) is 0 Å². The molecule has 1 aromatic rings. The van der Waals surface area contributed by atoms with E-state index < -0.39 is 0 Å². The minimum atomic E-state index is 0.404. The van der Waals surface area contributed by atoms with Gasteiger partial charge in [-0.3, -0.25) is 0 Å². The third-order valence-corrected chi connectivity index (χ3v) is 4.10. The van der Waals surface area contributed by atoms with E-state index in [-0.39, 0.29) is 0 Å². The SMILES string of the molecule is CCCC1CC(Nc2ccc3c(c2)OCCCO3)CCO1. The lowest BCUT2D eigenvalue weighted by molar-refractivity contribution is 0.00598. The highest BCUT2D eigenvalue weighted by Crippen LogP contribution is 2.33. The summed E-state index contributed by atoms with van der Waals surface area (Å²) in [6, 6.07) is 6.63. The van der Waals surface area contributed by atoms with Crippen molar-refractivity contribution in [2.45, 2.75) is 51.2 Å². The van der Waals surface area contributed by atoms with E-state index in [2.05, 4.69) is 24.4 Å². The van der Waals surface area contributed by atoms with Gasteiger partial charge in [0.05, 0.1) is 19.3 Å². The first-order valence-electron chi connectivity index (χ1n) is 8.13. The molecule has 0 aromatic heterocycles. The summed E-state index contributed by atoms with van der Waals surface area (Å²) in [6.07, 6.45) is 5.83. The second kappa shape index (κ2) is 7.03. The van der Waals surface area contributed by atoms with Crippen molar-refractivity contribution in [2.75, 3.05) is 25.1 Å². The van der Waals surface area contributed by atoms with Crippen LogP contribution in [0.3, 0.4) is 0 Å². The van der Waals surface area contributed by atoms with Crippen molar-refractivity contribution in [3.05, 3.63) is 18.2 Å². The smallest absolute Gasteiger partial charge is 0.163 e. The van der Waals surface area contributed by atoms with Gasteiger partial charge in [0.1, 0.15) is 0 Å². The monoisotopic (exact) mass is 291 g/mol. The van der Waals surface area contributed by atoms with Crippen molar-refractivity contribution >= 4 is 5.69 Å². The van der Waals surface area contributed by atoms with E-state index >= 15 is 0 Å². The van der Waals surface area contributed by atoms with E-state index in [0.717, 1.165) is 62.7 Å². The third kappa shape index (κ3) is 3.82.